The van der Waals surface area contributed by atoms with E-state index in [1.807, 2.05) is 29.2 Å². The van der Waals surface area contributed by atoms with Gasteiger partial charge in [0.05, 0.1) is 6.61 Å². The number of aliphatic hydroxyl groups excluding tert-OH is 1. The van der Waals surface area contributed by atoms with Gasteiger partial charge in [0, 0.05) is 31.1 Å². The summed E-state index contributed by atoms with van der Waals surface area (Å²) >= 11 is 1.47. The van der Waals surface area contributed by atoms with Crippen LogP contribution in [0.25, 0.3) is 0 Å². The van der Waals surface area contributed by atoms with Gasteiger partial charge in [0.25, 0.3) is 0 Å². The standard InChI is InChI=1S/C17H22FN5OS/c18-15-16(20-12-21-17(15)23-8-1-2-9-23)19-11-13-3-5-14(6-4-13)25-22-7-10-24/h3-6,12,22,24H,1-2,7-11H2,(H,19,20,21). The fourth-order valence-electron chi connectivity index (χ4n) is 2.67. The molecule has 0 saturated carbocycles. The van der Waals surface area contributed by atoms with Gasteiger partial charge in [0.1, 0.15) is 6.33 Å². The fourth-order valence-corrected chi connectivity index (χ4v) is 3.31. The van der Waals surface area contributed by atoms with Gasteiger partial charge in [-0.2, -0.15) is 4.39 Å². The average Bonchev–Trinajstić information content (AvgIpc) is 3.17. The number of benzene rings is 1. The molecule has 3 rings (SSSR count). The second kappa shape index (κ2) is 8.98. The van der Waals surface area contributed by atoms with E-state index < -0.39 is 0 Å². The Balaban J connectivity index is 1.59. The van der Waals surface area contributed by atoms with Gasteiger partial charge in [-0.1, -0.05) is 12.1 Å². The van der Waals surface area contributed by atoms with Crippen LogP contribution in [0.5, 0.6) is 0 Å². The average molecular weight is 363 g/mol. The molecule has 2 aromatic rings. The van der Waals surface area contributed by atoms with Crippen molar-refractivity contribution >= 4 is 23.6 Å². The maximum absolute atomic E-state index is 14.6. The highest BCUT2D eigenvalue weighted by molar-refractivity contribution is 7.97. The highest BCUT2D eigenvalue weighted by atomic mass is 32.2. The van der Waals surface area contributed by atoms with E-state index >= 15 is 0 Å². The maximum atomic E-state index is 14.6. The molecule has 6 nitrogen and oxygen atoms in total. The van der Waals surface area contributed by atoms with Crippen LogP contribution in [0.15, 0.2) is 35.5 Å². The molecule has 0 atom stereocenters. The first-order valence-electron chi connectivity index (χ1n) is 8.37. The minimum atomic E-state index is -0.384. The van der Waals surface area contributed by atoms with E-state index in [-0.39, 0.29) is 18.2 Å². The van der Waals surface area contributed by atoms with E-state index in [9.17, 15) is 4.39 Å². The number of nitrogens with zero attached hydrogens (tertiary/aromatic N) is 3. The van der Waals surface area contributed by atoms with Gasteiger partial charge in [-0.25, -0.2) is 9.97 Å². The summed E-state index contributed by atoms with van der Waals surface area (Å²) in [7, 11) is 0. The first-order chi connectivity index (χ1) is 12.3. The summed E-state index contributed by atoms with van der Waals surface area (Å²) < 4.78 is 17.7. The van der Waals surface area contributed by atoms with Crippen LogP contribution in [0.4, 0.5) is 16.0 Å². The van der Waals surface area contributed by atoms with Crippen molar-refractivity contribution in [1.82, 2.24) is 14.7 Å². The van der Waals surface area contributed by atoms with Gasteiger partial charge in [-0.15, -0.1) is 0 Å². The van der Waals surface area contributed by atoms with Crippen LogP contribution in [-0.4, -0.2) is 41.3 Å². The number of aliphatic hydroxyl groups is 1. The molecule has 1 fully saturated rings. The van der Waals surface area contributed by atoms with Crippen molar-refractivity contribution in [3.63, 3.8) is 0 Å². The van der Waals surface area contributed by atoms with Crippen LogP contribution in [-0.2, 0) is 6.54 Å². The third kappa shape index (κ3) is 4.81. The summed E-state index contributed by atoms with van der Waals surface area (Å²) in [6, 6.07) is 7.93. The van der Waals surface area contributed by atoms with Gasteiger partial charge < -0.3 is 15.3 Å². The lowest BCUT2D eigenvalue weighted by Crippen LogP contribution is -2.21. The third-order valence-electron chi connectivity index (χ3n) is 3.96. The maximum Gasteiger partial charge on any atom is 0.207 e. The Labute approximate surface area is 151 Å². The van der Waals surface area contributed by atoms with E-state index in [1.165, 1.54) is 18.3 Å². The SMILES string of the molecule is OCCNSc1ccc(CNc2ncnc(N3CCCC3)c2F)cc1. The Morgan fingerprint density at radius 2 is 1.92 bits per heavy atom. The molecule has 1 aromatic heterocycles. The van der Waals surface area contributed by atoms with Crippen molar-refractivity contribution in [3.05, 3.63) is 42.0 Å². The van der Waals surface area contributed by atoms with Crippen molar-refractivity contribution in [3.8, 4) is 0 Å². The molecule has 1 aromatic carbocycles. The van der Waals surface area contributed by atoms with Crippen LogP contribution >= 0.6 is 11.9 Å². The molecule has 0 radical (unpaired) electrons. The molecule has 0 aliphatic carbocycles. The number of hydrogen-bond acceptors (Lipinski definition) is 7. The molecule has 0 spiro atoms. The van der Waals surface area contributed by atoms with Crippen molar-refractivity contribution < 1.29 is 9.50 Å². The Hall–Kier alpha value is -1.90. The monoisotopic (exact) mass is 363 g/mol. The second-order valence-corrected chi connectivity index (χ2v) is 6.74. The minimum absolute atomic E-state index is 0.110. The molecule has 3 N–H and O–H groups in total. The zero-order valence-corrected chi connectivity index (χ0v) is 14.7. The van der Waals surface area contributed by atoms with Gasteiger partial charge in [-0.05, 0) is 42.5 Å². The molecule has 134 valence electrons. The molecule has 1 aliphatic rings. The lowest BCUT2D eigenvalue weighted by Gasteiger charge is -2.18. The van der Waals surface area contributed by atoms with E-state index in [0.29, 0.717) is 18.9 Å². The van der Waals surface area contributed by atoms with Crippen LogP contribution < -0.4 is 14.9 Å². The van der Waals surface area contributed by atoms with Crippen LogP contribution in [0.1, 0.15) is 18.4 Å². The Kier molecular flexibility index (Phi) is 6.43. The number of rotatable bonds is 8. The van der Waals surface area contributed by atoms with Crippen molar-refractivity contribution in [2.45, 2.75) is 24.3 Å². The molecular weight excluding hydrogens is 341 g/mol. The summed E-state index contributed by atoms with van der Waals surface area (Å²) in [6.07, 6.45) is 3.55. The molecule has 0 unspecified atom stereocenters. The summed E-state index contributed by atoms with van der Waals surface area (Å²) in [5.74, 6) is 0.237. The quantitative estimate of drug-likeness (QED) is 0.491. The predicted octanol–water partition coefficient (Wildman–Crippen LogP) is 2.42. The normalized spacial score (nSPS) is 14.1. The zero-order chi connectivity index (χ0) is 17.5. The Morgan fingerprint density at radius 3 is 2.64 bits per heavy atom. The molecule has 25 heavy (non-hydrogen) atoms. The molecule has 2 heterocycles. The number of aromatic nitrogens is 2. The molecule has 1 saturated heterocycles. The second-order valence-electron chi connectivity index (χ2n) is 5.77. The number of hydrogen-bond donors (Lipinski definition) is 3. The number of halogens is 1. The van der Waals surface area contributed by atoms with Crippen molar-refractivity contribution in [2.24, 2.45) is 0 Å². The summed E-state index contributed by atoms with van der Waals surface area (Å²) in [5, 5.41) is 11.8. The smallest absolute Gasteiger partial charge is 0.207 e. The van der Waals surface area contributed by atoms with E-state index in [4.69, 9.17) is 5.11 Å². The first-order valence-corrected chi connectivity index (χ1v) is 9.18. The molecule has 8 heteroatoms. The van der Waals surface area contributed by atoms with Crippen LogP contribution in [0, 0.1) is 5.82 Å². The van der Waals surface area contributed by atoms with Gasteiger partial charge >= 0.3 is 0 Å². The molecule has 0 amide bonds. The number of anilines is 2. The van der Waals surface area contributed by atoms with E-state index in [1.54, 1.807) is 0 Å². The van der Waals surface area contributed by atoms with Crippen LogP contribution in [0.2, 0.25) is 0 Å². The van der Waals surface area contributed by atoms with Crippen LogP contribution in [0.3, 0.4) is 0 Å². The summed E-state index contributed by atoms with van der Waals surface area (Å²) in [4.78, 5) is 11.1. The number of nitrogens with one attached hydrogen (secondary N) is 2. The summed E-state index contributed by atoms with van der Waals surface area (Å²) in [5.41, 5.74) is 1.03. The van der Waals surface area contributed by atoms with Crippen molar-refractivity contribution in [1.29, 1.82) is 0 Å². The predicted molar refractivity (Wildman–Crippen MR) is 98.2 cm³/mol. The van der Waals surface area contributed by atoms with Crippen molar-refractivity contribution in [2.75, 3.05) is 36.5 Å². The summed E-state index contributed by atoms with van der Waals surface area (Å²) in [6.45, 7) is 2.83. The fraction of sp³-hybridized carbons (Fsp3) is 0.412. The first kappa shape index (κ1) is 17.9. The Morgan fingerprint density at radius 1 is 1.16 bits per heavy atom. The molecule has 1 aliphatic heterocycles. The highest BCUT2D eigenvalue weighted by Gasteiger charge is 2.20. The van der Waals surface area contributed by atoms with E-state index in [0.717, 1.165) is 36.4 Å². The lowest BCUT2D eigenvalue weighted by molar-refractivity contribution is 0.302. The van der Waals surface area contributed by atoms with Gasteiger partial charge in [0.2, 0.25) is 5.82 Å². The third-order valence-corrected chi connectivity index (χ3v) is 4.82. The Bertz CT molecular complexity index is 679. The molecular formula is C17H22FN5OS. The van der Waals surface area contributed by atoms with E-state index in [2.05, 4.69) is 20.0 Å². The zero-order valence-electron chi connectivity index (χ0n) is 13.9. The minimum Gasteiger partial charge on any atom is -0.395 e. The lowest BCUT2D eigenvalue weighted by atomic mass is 10.2. The van der Waals surface area contributed by atoms with Gasteiger partial charge in [-0.3, -0.25) is 4.72 Å². The largest absolute Gasteiger partial charge is 0.395 e. The van der Waals surface area contributed by atoms with Gasteiger partial charge in [0.15, 0.2) is 11.6 Å². The topological polar surface area (TPSA) is 73.3 Å². The highest BCUT2D eigenvalue weighted by Crippen LogP contribution is 2.25. The molecule has 0 bridgehead atoms.